The van der Waals surface area contributed by atoms with Gasteiger partial charge in [-0.3, -0.25) is 4.79 Å². The third-order valence-corrected chi connectivity index (χ3v) is 6.85. The van der Waals surface area contributed by atoms with Gasteiger partial charge in [-0.25, -0.2) is 8.42 Å². The number of sulfonamides is 1. The van der Waals surface area contributed by atoms with Crippen LogP contribution < -0.4 is 9.62 Å². The zero-order valence-corrected chi connectivity index (χ0v) is 18.0. The van der Waals surface area contributed by atoms with Crippen molar-refractivity contribution in [3.05, 3.63) is 72.4 Å². The van der Waals surface area contributed by atoms with E-state index in [1.807, 2.05) is 55.4 Å². The van der Waals surface area contributed by atoms with Crippen LogP contribution in [0.5, 0.6) is 0 Å². The lowest BCUT2D eigenvalue weighted by atomic mass is 10.1. The fraction of sp³-hybridized carbons (Fsp3) is 0.174. The predicted octanol–water partition coefficient (Wildman–Crippen LogP) is 3.36. The van der Waals surface area contributed by atoms with Crippen molar-refractivity contribution in [2.75, 3.05) is 19.0 Å². The number of aromatic nitrogens is 1. The van der Waals surface area contributed by atoms with Gasteiger partial charge in [0, 0.05) is 54.1 Å². The van der Waals surface area contributed by atoms with Crippen molar-refractivity contribution in [3.8, 4) is 0 Å². The largest absolute Gasteiger partial charge is 0.480 e. The second-order valence-electron chi connectivity index (χ2n) is 7.60. The van der Waals surface area contributed by atoms with Gasteiger partial charge in [0.1, 0.15) is 6.04 Å². The number of carboxylic acid groups (broad SMARTS) is 1. The van der Waals surface area contributed by atoms with Crippen LogP contribution in [-0.4, -0.2) is 44.6 Å². The van der Waals surface area contributed by atoms with E-state index in [2.05, 4.69) is 9.71 Å². The number of anilines is 1. The number of rotatable bonds is 7. The Kier molecular flexibility index (Phi) is 5.43. The normalized spacial score (nSPS) is 12.8. The quantitative estimate of drug-likeness (QED) is 0.411. The average Bonchev–Trinajstić information content (AvgIpc) is 3.15. The van der Waals surface area contributed by atoms with E-state index in [1.54, 1.807) is 24.4 Å². The molecule has 0 spiro atoms. The number of H-pyrrole nitrogens is 1. The molecule has 8 heteroatoms. The molecule has 0 saturated heterocycles. The van der Waals surface area contributed by atoms with Crippen molar-refractivity contribution in [2.45, 2.75) is 17.4 Å². The van der Waals surface area contributed by atoms with Crippen LogP contribution in [0.1, 0.15) is 5.56 Å². The highest BCUT2D eigenvalue weighted by molar-refractivity contribution is 7.89. The second kappa shape index (κ2) is 8.05. The fourth-order valence-corrected chi connectivity index (χ4v) is 5.25. The first-order valence-electron chi connectivity index (χ1n) is 9.77. The zero-order valence-electron chi connectivity index (χ0n) is 17.2. The van der Waals surface area contributed by atoms with Crippen LogP contribution in [0, 0.1) is 0 Å². The fourth-order valence-electron chi connectivity index (χ4n) is 3.84. The van der Waals surface area contributed by atoms with E-state index in [4.69, 9.17) is 0 Å². The van der Waals surface area contributed by atoms with E-state index in [-0.39, 0.29) is 11.3 Å². The summed E-state index contributed by atoms with van der Waals surface area (Å²) in [7, 11) is -0.320. The van der Waals surface area contributed by atoms with Gasteiger partial charge in [0.2, 0.25) is 10.0 Å². The molecule has 0 aliphatic rings. The third-order valence-electron chi connectivity index (χ3n) is 5.32. The molecular formula is C23H23N3O4S. The Morgan fingerprint density at radius 3 is 2.42 bits per heavy atom. The van der Waals surface area contributed by atoms with Gasteiger partial charge in [0.15, 0.2) is 0 Å². The lowest BCUT2D eigenvalue weighted by molar-refractivity contribution is -0.138. The van der Waals surface area contributed by atoms with Gasteiger partial charge in [0.25, 0.3) is 0 Å². The number of carboxylic acids is 1. The van der Waals surface area contributed by atoms with Crippen molar-refractivity contribution in [3.63, 3.8) is 0 Å². The summed E-state index contributed by atoms with van der Waals surface area (Å²) in [6, 6.07) is 16.6. The number of aliphatic carboxylic acids is 1. The summed E-state index contributed by atoms with van der Waals surface area (Å²) in [5.41, 5.74) is 2.48. The maximum Gasteiger partial charge on any atom is 0.322 e. The molecule has 0 unspecified atom stereocenters. The molecular weight excluding hydrogens is 414 g/mol. The molecule has 1 heterocycles. The number of hydrogen-bond acceptors (Lipinski definition) is 4. The van der Waals surface area contributed by atoms with E-state index < -0.39 is 22.0 Å². The van der Waals surface area contributed by atoms with Crippen molar-refractivity contribution in [1.29, 1.82) is 0 Å². The first-order valence-corrected chi connectivity index (χ1v) is 11.3. The Morgan fingerprint density at radius 2 is 1.68 bits per heavy atom. The molecule has 0 aliphatic heterocycles. The van der Waals surface area contributed by atoms with Crippen molar-refractivity contribution in [2.24, 2.45) is 0 Å². The highest BCUT2D eigenvalue weighted by Gasteiger charge is 2.28. The van der Waals surface area contributed by atoms with E-state index in [1.165, 1.54) is 6.07 Å². The summed E-state index contributed by atoms with van der Waals surface area (Å²) in [6.45, 7) is 0. The molecule has 1 atom stereocenters. The summed E-state index contributed by atoms with van der Waals surface area (Å²) < 4.78 is 28.9. The molecule has 0 radical (unpaired) electrons. The van der Waals surface area contributed by atoms with Crippen LogP contribution in [-0.2, 0) is 21.2 Å². The maximum atomic E-state index is 13.2. The number of nitrogens with zero attached hydrogens (tertiary/aromatic N) is 1. The molecule has 0 bridgehead atoms. The molecule has 1 aromatic heterocycles. The molecule has 0 saturated carbocycles. The van der Waals surface area contributed by atoms with Gasteiger partial charge in [-0.05, 0) is 23.8 Å². The number of para-hydroxylation sites is 1. The Bertz CT molecular complexity index is 1380. The Hall–Kier alpha value is -3.36. The van der Waals surface area contributed by atoms with Crippen LogP contribution in [0.4, 0.5) is 5.69 Å². The lowest BCUT2D eigenvalue weighted by Gasteiger charge is -2.18. The van der Waals surface area contributed by atoms with Crippen molar-refractivity contribution in [1.82, 2.24) is 9.71 Å². The number of benzene rings is 3. The van der Waals surface area contributed by atoms with E-state index >= 15 is 0 Å². The predicted molar refractivity (Wildman–Crippen MR) is 122 cm³/mol. The number of hydrogen-bond donors (Lipinski definition) is 3. The first-order chi connectivity index (χ1) is 14.8. The summed E-state index contributed by atoms with van der Waals surface area (Å²) in [5, 5.41) is 11.9. The summed E-state index contributed by atoms with van der Waals surface area (Å²) in [5.74, 6) is -1.23. The molecule has 7 nitrogen and oxygen atoms in total. The smallest absolute Gasteiger partial charge is 0.322 e. The number of nitrogens with one attached hydrogen (secondary N) is 2. The van der Waals surface area contributed by atoms with Gasteiger partial charge >= 0.3 is 5.97 Å². The van der Waals surface area contributed by atoms with Crippen molar-refractivity contribution < 1.29 is 18.3 Å². The van der Waals surface area contributed by atoms with E-state index in [0.29, 0.717) is 5.39 Å². The van der Waals surface area contributed by atoms with Crippen LogP contribution in [0.2, 0.25) is 0 Å². The highest BCUT2D eigenvalue weighted by Crippen LogP contribution is 2.30. The maximum absolute atomic E-state index is 13.2. The standard InChI is InChI=1S/C23H23N3O4S/c1-26(2)21-11-5-9-18-17(21)8-6-12-22(18)31(29,30)25-20(23(27)28)13-15-14-24-19-10-4-3-7-16(15)19/h3-12,14,20,24-25H,13H2,1-2H3,(H,27,28)/t20-/m0/s1. The molecule has 0 fully saturated rings. The molecule has 31 heavy (non-hydrogen) atoms. The zero-order chi connectivity index (χ0) is 22.2. The van der Waals surface area contributed by atoms with Crippen LogP contribution >= 0.6 is 0 Å². The van der Waals surface area contributed by atoms with E-state index in [9.17, 15) is 18.3 Å². The number of aromatic amines is 1. The Labute approximate surface area is 180 Å². The molecule has 0 amide bonds. The van der Waals surface area contributed by atoms with Gasteiger partial charge < -0.3 is 15.0 Å². The molecule has 4 aromatic rings. The highest BCUT2D eigenvalue weighted by atomic mass is 32.2. The van der Waals surface area contributed by atoms with Gasteiger partial charge in [-0.1, -0.05) is 42.5 Å². The SMILES string of the molecule is CN(C)c1cccc2c(S(=O)(=O)N[C@@H](Cc3c[nH]c4ccccc34)C(=O)O)cccc12. The number of carbonyl (C=O) groups is 1. The topological polar surface area (TPSA) is 103 Å². The molecule has 3 aromatic carbocycles. The minimum Gasteiger partial charge on any atom is -0.480 e. The van der Waals surface area contributed by atoms with Crippen LogP contribution in [0.15, 0.2) is 71.8 Å². The lowest BCUT2D eigenvalue weighted by Crippen LogP contribution is -2.42. The Balaban J connectivity index is 1.71. The molecule has 0 aliphatic carbocycles. The monoisotopic (exact) mass is 437 g/mol. The van der Waals surface area contributed by atoms with Gasteiger partial charge in [0.05, 0.1) is 4.90 Å². The summed E-state index contributed by atoms with van der Waals surface area (Å²) >= 11 is 0. The third kappa shape index (κ3) is 3.99. The molecule has 4 rings (SSSR count). The minimum absolute atomic E-state index is 0.0201. The Morgan fingerprint density at radius 1 is 1.00 bits per heavy atom. The van der Waals surface area contributed by atoms with Gasteiger partial charge in [-0.15, -0.1) is 0 Å². The molecule has 160 valence electrons. The number of fused-ring (bicyclic) bond motifs is 2. The van der Waals surface area contributed by atoms with Crippen LogP contribution in [0.3, 0.4) is 0 Å². The minimum atomic E-state index is -4.09. The average molecular weight is 438 g/mol. The van der Waals surface area contributed by atoms with Crippen molar-refractivity contribution >= 4 is 43.4 Å². The summed E-state index contributed by atoms with van der Waals surface area (Å²) in [6.07, 6.45) is 1.74. The first kappa shape index (κ1) is 20.9. The van der Waals surface area contributed by atoms with E-state index in [0.717, 1.165) is 27.5 Å². The van der Waals surface area contributed by atoms with Gasteiger partial charge in [-0.2, -0.15) is 4.72 Å². The van der Waals surface area contributed by atoms with Crippen LogP contribution in [0.25, 0.3) is 21.7 Å². The second-order valence-corrected chi connectivity index (χ2v) is 9.28. The summed E-state index contributed by atoms with van der Waals surface area (Å²) in [4.78, 5) is 17.0. The molecule has 3 N–H and O–H groups in total.